The van der Waals surface area contributed by atoms with Gasteiger partial charge in [-0.15, -0.1) is 0 Å². The lowest BCUT2D eigenvalue weighted by Crippen LogP contribution is -2.51. The van der Waals surface area contributed by atoms with Gasteiger partial charge in [-0.2, -0.15) is 0 Å². The summed E-state index contributed by atoms with van der Waals surface area (Å²) >= 11 is 0. The quantitative estimate of drug-likeness (QED) is 0.823. The molecule has 2 N–H and O–H groups in total. The molecule has 2 aliphatic rings. The highest BCUT2D eigenvalue weighted by atomic mass is 16.6. The molecular formula is C14H26N2O2. The summed E-state index contributed by atoms with van der Waals surface area (Å²) < 4.78 is 5.52. The maximum atomic E-state index is 12.3. The van der Waals surface area contributed by atoms with Gasteiger partial charge in [0.1, 0.15) is 5.60 Å². The van der Waals surface area contributed by atoms with Crippen molar-refractivity contribution in [2.45, 2.75) is 64.5 Å². The number of amides is 1. The smallest absolute Gasteiger partial charge is 0.410 e. The summed E-state index contributed by atoms with van der Waals surface area (Å²) in [5.74, 6) is 0. The zero-order valence-corrected chi connectivity index (χ0v) is 11.9. The van der Waals surface area contributed by atoms with Crippen LogP contribution >= 0.6 is 0 Å². The van der Waals surface area contributed by atoms with Gasteiger partial charge < -0.3 is 15.4 Å². The average Bonchev–Trinajstić information content (AvgIpc) is 3.07. The summed E-state index contributed by atoms with van der Waals surface area (Å²) in [5, 5.41) is 0. The SMILES string of the molecule is CC(C)(C)OC(=O)N1CCCC[C@@H]1C1(CN)CC1. The van der Waals surface area contributed by atoms with Gasteiger partial charge in [0, 0.05) is 18.0 Å². The number of nitrogens with two attached hydrogens (primary N) is 1. The van der Waals surface area contributed by atoms with Crippen LogP contribution in [0, 0.1) is 5.41 Å². The Bertz CT molecular complexity index is 318. The summed E-state index contributed by atoms with van der Waals surface area (Å²) in [6.07, 6.45) is 5.52. The number of hydrogen-bond donors (Lipinski definition) is 1. The molecule has 1 aliphatic carbocycles. The van der Waals surface area contributed by atoms with Crippen molar-refractivity contribution in [2.24, 2.45) is 11.1 Å². The van der Waals surface area contributed by atoms with Crippen LogP contribution in [0.1, 0.15) is 52.9 Å². The van der Waals surface area contributed by atoms with Gasteiger partial charge in [0.15, 0.2) is 0 Å². The summed E-state index contributed by atoms with van der Waals surface area (Å²) in [6.45, 7) is 7.26. The number of carbonyl (C=O) groups is 1. The van der Waals surface area contributed by atoms with Gasteiger partial charge >= 0.3 is 6.09 Å². The van der Waals surface area contributed by atoms with Gasteiger partial charge in [-0.3, -0.25) is 0 Å². The molecule has 1 heterocycles. The van der Waals surface area contributed by atoms with Crippen molar-refractivity contribution in [3.8, 4) is 0 Å². The molecule has 2 rings (SSSR count). The molecule has 104 valence electrons. The van der Waals surface area contributed by atoms with Gasteiger partial charge in [0.2, 0.25) is 0 Å². The highest BCUT2D eigenvalue weighted by Gasteiger charge is 2.52. The lowest BCUT2D eigenvalue weighted by Gasteiger charge is -2.41. The fraction of sp³-hybridized carbons (Fsp3) is 0.929. The van der Waals surface area contributed by atoms with Crippen LogP contribution < -0.4 is 5.73 Å². The van der Waals surface area contributed by atoms with E-state index in [1.807, 2.05) is 25.7 Å². The zero-order chi connectivity index (χ0) is 13.4. The number of carbonyl (C=O) groups excluding carboxylic acids is 1. The first-order valence-corrected chi connectivity index (χ1v) is 7.08. The fourth-order valence-corrected chi connectivity index (χ4v) is 2.94. The van der Waals surface area contributed by atoms with Crippen LogP contribution in [0.15, 0.2) is 0 Å². The third-order valence-electron chi connectivity index (χ3n) is 4.14. The van der Waals surface area contributed by atoms with E-state index in [9.17, 15) is 4.79 Å². The first-order chi connectivity index (χ1) is 8.38. The van der Waals surface area contributed by atoms with E-state index in [4.69, 9.17) is 10.5 Å². The van der Waals surface area contributed by atoms with Crippen LogP contribution in [0.3, 0.4) is 0 Å². The second-order valence-electron chi connectivity index (χ2n) is 6.75. The molecule has 0 unspecified atom stereocenters. The highest BCUT2D eigenvalue weighted by molar-refractivity contribution is 5.69. The third-order valence-corrected chi connectivity index (χ3v) is 4.14. The van der Waals surface area contributed by atoms with Crippen molar-refractivity contribution in [3.63, 3.8) is 0 Å². The first kappa shape index (κ1) is 13.7. The molecule has 18 heavy (non-hydrogen) atoms. The van der Waals surface area contributed by atoms with Crippen LogP contribution in [0.25, 0.3) is 0 Å². The van der Waals surface area contributed by atoms with E-state index in [0.717, 1.165) is 32.2 Å². The Labute approximate surface area is 110 Å². The Morgan fingerprint density at radius 1 is 1.39 bits per heavy atom. The lowest BCUT2D eigenvalue weighted by atomic mass is 9.88. The summed E-state index contributed by atoms with van der Waals surface area (Å²) in [4.78, 5) is 14.2. The molecule has 4 heteroatoms. The van der Waals surface area contributed by atoms with Crippen molar-refractivity contribution in [1.29, 1.82) is 0 Å². The molecule has 0 bridgehead atoms. The van der Waals surface area contributed by atoms with Crippen molar-refractivity contribution in [1.82, 2.24) is 4.90 Å². The monoisotopic (exact) mass is 254 g/mol. The van der Waals surface area contributed by atoms with Gasteiger partial charge in [0.25, 0.3) is 0 Å². The molecule has 0 aromatic heterocycles. The highest BCUT2D eigenvalue weighted by Crippen LogP contribution is 2.52. The second-order valence-corrected chi connectivity index (χ2v) is 6.75. The number of hydrogen-bond acceptors (Lipinski definition) is 3. The molecule has 0 spiro atoms. The Morgan fingerprint density at radius 3 is 2.56 bits per heavy atom. The minimum absolute atomic E-state index is 0.160. The number of rotatable bonds is 2. The van der Waals surface area contributed by atoms with E-state index in [1.165, 1.54) is 6.42 Å². The molecule has 1 saturated heterocycles. The Hall–Kier alpha value is -0.770. The molecule has 0 aromatic carbocycles. The lowest BCUT2D eigenvalue weighted by molar-refractivity contribution is -0.000595. The molecule has 1 saturated carbocycles. The van der Waals surface area contributed by atoms with Gasteiger partial charge in [-0.1, -0.05) is 0 Å². The maximum absolute atomic E-state index is 12.3. The number of likely N-dealkylation sites (tertiary alicyclic amines) is 1. The van der Waals surface area contributed by atoms with Crippen molar-refractivity contribution >= 4 is 6.09 Å². The van der Waals surface area contributed by atoms with Gasteiger partial charge in [-0.25, -0.2) is 4.79 Å². The molecule has 0 aromatic rings. The van der Waals surface area contributed by atoms with Gasteiger partial charge in [-0.05, 0) is 59.4 Å². The Balaban J connectivity index is 2.06. The molecular weight excluding hydrogens is 228 g/mol. The van der Waals surface area contributed by atoms with Crippen LogP contribution in [-0.4, -0.2) is 35.7 Å². The predicted octanol–water partition coefficient (Wildman–Crippen LogP) is 2.51. The Kier molecular flexibility index (Phi) is 3.58. The zero-order valence-electron chi connectivity index (χ0n) is 11.9. The fourth-order valence-electron chi connectivity index (χ4n) is 2.94. The average molecular weight is 254 g/mol. The van der Waals surface area contributed by atoms with E-state index in [-0.39, 0.29) is 11.5 Å². The molecule has 1 amide bonds. The van der Waals surface area contributed by atoms with Gasteiger partial charge in [0.05, 0.1) is 0 Å². The first-order valence-electron chi connectivity index (χ1n) is 7.08. The van der Waals surface area contributed by atoms with E-state index >= 15 is 0 Å². The number of piperidine rings is 1. The van der Waals surface area contributed by atoms with Crippen LogP contribution in [0.2, 0.25) is 0 Å². The van der Waals surface area contributed by atoms with E-state index in [0.29, 0.717) is 12.6 Å². The van der Waals surface area contributed by atoms with E-state index < -0.39 is 5.60 Å². The molecule has 1 aliphatic heterocycles. The van der Waals surface area contributed by atoms with Crippen molar-refractivity contribution in [2.75, 3.05) is 13.1 Å². The third kappa shape index (κ3) is 2.79. The van der Waals surface area contributed by atoms with Crippen LogP contribution in [0.4, 0.5) is 4.79 Å². The second kappa shape index (κ2) is 4.72. The van der Waals surface area contributed by atoms with Crippen molar-refractivity contribution in [3.05, 3.63) is 0 Å². The normalized spacial score (nSPS) is 26.9. The molecule has 0 radical (unpaired) electrons. The topological polar surface area (TPSA) is 55.6 Å². The largest absolute Gasteiger partial charge is 0.444 e. The maximum Gasteiger partial charge on any atom is 0.410 e. The molecule has 1 atom stereocenters. The molecule has 4 nitrogen and oxygen atoms in total. The summed E-state index contributed by atoms with van der Waals surface area (Å²) in [5.41, 5.74) is 5.68. The van der Waals surface area contributed by atoms with Crippen molar-refractivity contribution < 1.29 is 9.53 Å². The summed E-state index contributed by atoms with van der Waals surface area (Å²) in [6, 6.07) is 0.297. The predicted molar refractivity (Wildman–Crippen MR) is 71.3 cm³/mol. The van der Waals surface area contributed by atoms with E-state index in [1.54, 1.807) is 0 Å². The van der Waals surface area contributed by atoms with Crippen LogP contribution in [-0.2, 0) is 4.74 Å². The minimum atomic E-state index is -0.418. The van der Waals surface area contributed by atoms with Crippen LogP contribution in [0.5, 0.6) is 0 Å². The summed E-state index contributed by atoms with van der Waals surface area (Å²) in [7, 11) is 0. The number of ether oxygens (including phenoxy) is 1. The minimum Gasteiger partial charge on any atom is -0.444 e. The number of nitrogens with zero attached hydrogens (tertiary/aromatic N) is 1. The molecule has 2 fully saturated rings. The Morgan fingerprint density at radius 2 is 2.06 bits per heavy atom. The standard InChI is InChI=1S/C14H26N2O2/c1-13(2,3)18-12(17)16-9-5-4-6-11(16)14(10-15)7-8-14/h11H,4-10,15H2,1-3H3/t11-/m1/s1. The van der Waals surface area contributed by atoms with E-state index in [2.05, 4.69) is 0 Å².